The van der Waals surface area contributed by atoms with Crippen LogP contribution in [0, 0.1) is 6.92 Å². The van der Waals surface area contributed by atoms with Crippen LogP contribution in [0.3, 0.4) is 0 Å². The Morgan fingerprint density at radius 3 is 1.41 bits per heavy atom. The number of hydrogen-bond acceptors (Lipinski definition) is 2. The van der Waals surface area contributed by atoms with E-state index >= 15 is 0 Å². The third kappa shape index (κ3) is 6.64. The van der Waals surface area contributed by atoms with Gasteiger partial charge in [-0.2, -0.15) is 26.3 Å². The van der Waals surface area contributed by atoms with Crippen LogP contribution in [0.15, 0.2) is 91.0 Å². The minimum Gasteiger partial charge on any atom is -0.381 e. The van der Waals surface area contributed by atoms with E-state index in [2.05, 4.69) is 10.6 Å². The zero-order chi connectivity index (χ0) is 26.6. The van der Waals surface area contributed by atoms with E-state index in [1.54, 1.807) is 12.1 Å². The summed E-state index contributed by atoms with van der Waals surface area (Å²) < 4.78 is 84.0. The van der Waals surface area contributed by atoms with Crippen LogP contribution in [-0.2, 0) is 25.4 Å². The van der Waals surface area contributed by atoms with Gasteiger partial charge < -0.3 is 10.6 Å². The molecule has 0 aliphatic rings. The molecule has 4 rings (SSSR count). The molecule has 0 atom stereocenters. The van der Waals surface area contributed by atoms with Crippen LogP contribution in [-0.4, -0.2) is 0 Å². The number of nitrogens with one attached hydrogen (secondary N) is 2. The highest BCUT2D eigenvalue weighted by atomic mass is 19.4. The van der Waals surface area contributed by atoms with Gasteiger partial charge in [-0.3, -0.25) is 0 Å². The predicted molar refractivity (Wildman–Crippen MR) is 134 cm³/mol. The summed E-state index contributed by atoms with van der Waals surface area (Å²) in [4.78, 5) is 0. The average Bonchev–Trinajstić information content (AvgIpc) is 2.86. The van der Waals surface area contributed by atoms with E-state index in [0.717, 1.165) is 41.0 Å². The summed E-state index contributed by atoms with van der Waals surface area (Å²) in [5, 5.41) is 5.84. The molecule has 0 heterocycles. The summed E-state index contributed by atoms with van der Waals surface area (Å²) in [6.45, 7) is 2.46. The second-order valence-corrected chi connectivity index (χ2v) is 8.69. The number of rotatable bonds is 7. The van der Waals surface area contributed by atoms with Crippen LogP contribution in [0.2, 0.25) is 0 Å². The van der Waals surface area contributed by atoms with Crippen molar-refractivity contribution in [1.29, 1.82) is 0 Å². The summed E-state index contributed by atoms with van der Waals surface area (Å²) in [7, 11) is 0. The smallest absolute Gasteiger partial charge is 0.381 e. The highest BCUT2D eigenvalue weighted by molar-refractivity contribution is 5.76. The molecule has 2 nitrogen and oxygen atoms in total. The fourth-order valence-corrected chi connectivity index (χ4v) is 3.96. The molecule has 4 aromatic rings. The van der Waals surface area contributed by atoms with Crippen LogP contribution in [0.5, 0.6) is 0 Å². The van der Waals surface area contributed by atoms with Gasteiger partial charge in [0.25, 0.3) is 0 Å². The maximum Gasteiger partial charge on any atom is 0.417 e. The second kappa shape index (κ2) is 10.6. The molecule has 0 bridgehead atoms. The first-order valence-corrected chi connectivity index (χ1v) is 11.5. The monoisotopic (exact) mass is 514 g/mol. The average molecular weight is 515 g/mol. The molecule has 2 N–H and O–H groups in total. The largest absolute Gasteiger partial charge is 0.417 e. The molecule has 0 aliphatic heterocycles. The molecular weight excluding hydrogens is 490 g/mol. The van der Waals surface area contributed by atoms with Gasteiger partial charge in [0.15, 0.2) is 0 Å². The summed E-state index contributed by atoms with van der Waals surface area (Å²) in [5.74, 6) is 0. The van der Waals surface area contributed by atoms with Crippen LogP contribution >= 0.6 is 0 Å². The van der Waals surface area contributed by atoms with Crippen molar-refractivity contribution in [3.05, 3.63) is 119 Å². The van der Waals surface area contributed by atoms with E-state index in [-0.39, 0.29) is 24.5 Å². The molecule has 8 heteroatoms. The highest BCUT2D eigenvalue weighted by Gasteiger charge is 2.38. The highest BCUT2D eigenvalue weighted by Crippen LogP contribution is 2.44. The van der Waals surface area contributed by atoms with Crippen molar-refractivity contribution in [1.82, 2.24) is 0 Å². The van der Waals surface area contributed by atoms with Gasteiger partial charge in [-0.15, -0.1) is 0 Å². The predicted octanol–water partition coefficient (Wildman–Crippen LogP) is 8.92. The molecule has 0 radical (unpaired) electrons. The Morgan fingerprint density at radius 2 is 0.973 bits per heavy atom. The zero-order valence-corrected chi connectivity index (χ0v) is 19.8. The van der Waals surface area contributed by atoms with Gasteiger partial charge in [0.2, 0.25) is 0 Å². The molecule has 0 fully saturated rings. The van der Waals surface area contributed by atoms with E-state index in [4.69, 9.17) is 0 Å². The second-order valence-electron chi connectivity index (χ2n) is 8.69. The molecule has 0 aliphatic carbocycles. The third-order valence-electron chi connectivity index (χ3n) is 5.90. The Morgan fingerprint density at radius 1 is 0.541 bits per heavy atom. The van der Waals surface area contributed by atoms with Crippen molar-refractivity contribution < 1.29 is 26.3 Å². The lowest BCUT2D eigenvalue weighted by Gasteiger charge is -2.20. The number of alkyl halides is 6. The fourth-order valence-electron chi connectivity index (χ4n) is 3.96. The van der Waals surface area contributed by atoms with Crippen LogP contribution in [0.1, 0.15) is 27.8 Å². The molecular formula is C29H24F6N2. The maximum absolute atomic E-state index is 14.0. The van der Waals surface area contributed by atoms with E-state index in [9.17, 15) is 26.3 Å². The van der Waals surface area contributed by atoms with E-state index in [1.165, 1.54) is 12.1 Å². The molecule has 0 amide bonds. The van der Waals surface area contributed by atoms with E-state index in [1.807, 2.05) is 49.4 Å². The van der Waals surface area contributed by atoms with Gasteiger partial charge in [0.05, 0.1) is 11.1 Å². The quantitative estimate of drug-likeness (QED) is 0.241. The number of aryl methyl sites for hydroxylation is 1. The Kier molecular flexibility index (Phi) is 7.47. The molecule has 0 saturated carbocycles. The van der Waals surface area contributed by atoms with Gasteiger partial charge >= 0.3 is 12.4 Å². The maximum atomic E-state index is 14.0. The first kappa shape index (κ1) is 26.1. The minimum absolute atomic E-state index is 0.157. The van der Waals surface area contributed by atoms with Gasteiger partial charge in [-0.25, -0.2) is 0 Å². The number of anilines is 2. The minimum atomic E-state index is -4.86. The zero-order valence-electron chi connectivity index (χ0n) is 19.8. The Bertz CT molecular complexity index is 1340. The number of hydrogen-bond donors (Lipinski definition) is 2. The van der Waals surface area contributed by atoms with Crippen molar-refractivity contribution in [2.45, 2.75) is 32.4 Å². The third-order valence-corrected chi connectivity index (χ3v) is 5.90. The summed E-state index contributed by atoms with van der Waals surface area (Å²) in [5.41, 5.74) is -0.265. The molecule has 4 aromatic carbocycles. The first-order valence-electron chi connectivity index (χ1n) is 11.5. The topological polar surface area (TPSA) is 24.1 Å². The Hall–Kier alpha value is -3.94. The number of benzene rings is 4. The van der Waals surface area contributed by atoms with Crippen molar-refractivity contribution in [3.8, 4) is 11.1 Å². The fraction of sp³-hybridized carbons (Fsp3) is 0.172. The van der Waals surface area contributed by atoms with Crippen molar-refractivity contribution in [3.63, 3.8) is 0 Å². The first-order chi connectivity index (χ1) is 17.5. The lowest BCUT2D eigenvalue weighted by molar-refractivity contribution is -0.139. The SMILES string of the molecule is Cc1ccc(CNc2ccc(-c3ccc(NCc4ccccc4)cc3C(F)(F)F)c(C(F)(F)F)c2)cc1. The molecule has 0 aromatic heterocycles. The molecule has 0 spiro atoms. The van der Waals surface area contributed by atoms with Gasteiger partial charge in [-0.05, 0) is 53.4 Å². The normalized spacial score (nSPS) is 11.9. The van der Waals surface area contributed by atoms with Gasteiger partial charge in [0, 0.05) is 24.5 Å². The van der Waals surface area contributed by atoms with Crippen LogP contribution in [0.4, 0.5) is 37.7 Å². The van der Waals surface area contributed by atoms with E-state index < -0.39 is 34.6 Å². The Balaban J connectivity index is 1.66. The van der Waals surface area contributed by atoms with Crippen molar-refractivity contribution >= 4 is 11.4 Å². The lowest BCUT2D eigenvalue weighted by atomic mass is 9.93. The van der Waals surface area contributed by atoms with Crippen LogP contribution < -0.4 is 10.6 Å². The van der Waals surface area contributed by atoms with E-state index in [0.29, 0.717) is 0 Å². The summed E-state index contributed by atoms with van der Waals surface area (Å²) >= 11 is 0. The van der Waals surface area contributed by atoms with Gasteiger partial charge in [-0.1, -0.05) is 72.3 Å². The molecule has 37 heavy (non-hydrogen) atoms. The lowest BCUT2D eigenvalue weighted by Crippen LogP contribution is -2.13. The molecule has 192 valence electrons. The van der Waals surface area contributed by atoms with Gasteiger partial charge in [0.1, 0.15) is 0 Å². The summed E-state index contributed by atoms with van der Waals surface area (Å²) in [6, 6.07) is 23.1. The Labute approximate surface area is 211 Å². The van der Waals surface area contributed by atoms with Crippen LogP contribution in [0.25, 0.3) is 11.1 Å². The summed E-state index contributed by atoms with van der Waals surface area (Å²) in [6.07, 6.45) is -9.71. The standard InChI is InChI=1S/C29H24F6N2/c1-19-7-9-21(10-8-19)18-37-23-12-14-25(27(16-23)29(33,34)35)24-13-11-22(15-26(24)28(30,31)32)36-17-20-5-3-2-4-6-20/h2-16,36-37H,17-18H2,1H3. The van der Waals surface area contributed by atoms with Crippen molar-refractivity contribution in [2.75, 3.05) is 10.6 Å². The molecule has 0 unspecified atom stereocenters. The molecule has 0 saturated heterocycles. The van der Waals surface area contributed by atoms with Crippen molar-refractivity contribution in [2.24, 2.45) is 0 Å². The number of halogens is 6.